The average molecular weight is 225 g/mol. The number of carbonyl (C=O) groups excluding carboxylic acids is 1. The molecule has 0 bridgehead atoms. The molecule has 0 aromatic carbocycles. The van der Waals surface area contributed by atoms with E-state index in [-0.39, 0.29) is 18.9 Å². The number of hydrogen-bond donors (Lipinski definition) is 2. The van der Waals surface area contributed by atoms with Gasteiger partial charge < -0.3 is 10.4 Å². The Labute approximate surface area is 96.4 Å². The van der Waals surface area contributed by atoms with Crippen LogP contribution in [0.5, 0.6) is 0 Å². The second-order valence-corrected chi connectivity index (χ2v) is 4.17. The summed E-state index contributed by atoms with van der Waals surface area (Å²) in [6, 6.07) is 0. The van der Waals surface area contributed by atoms with Crippen LogP contribution in [0.4, 0.5) is 0 Å². The first-order valence-corrected chi connectivity index (χ1v) is 5.40. The van der Waals surface area contributed by atoms with Crippen LogP contribution in [0.15, 0.2) is 0 Å². The molecule has 4 nitrogen and oxygen atoms in total. The molecular weight excluding hydrogens is 206 g/mol. The topological polar surface area (TPSA) is 66.4 Å². The molecule has 2 N–H and O–H groups in total. The van der Waals surface area contributed by atoms with Gasteiger partial charge in [0.2, 0.25) is 5.91 Å². The van der Waals surface area contributed by atoms with Gasteiger partial charge >= 0.3 is 5.97 Å². The van der Waals surface area contributed by atoms with Gasteiger partial charge in [-0.25, -0.2) is 0 Å². The minimum Gasteiger partial charge on any atom is -0.481 e. The molecule has 16 heavy (non-hydrogen) atoms. The zero-order valence-electron chi connectivity index (χ0n) is 9.82. The SMILES string of the molecule is C#CCCC(=O)NCC(CC(C)C)C(=O)O. The van der Waals surface area contributed by atoms with Crippen LogP contribution in [0, 0.1) is 24.2 Å². The second-order valence-electron chi connectivity index (χ2n) is 4.17. The van der Waals surface area contributed by atoms with Crippen LogP contribution in [0.3, 0.4) is 0 Å². The van der Waals surface area contributed by atoms with Crippen LogP contribution in [0.1, 0.15) is 33.1 Å². The first kappa shape index (κ1) is 14.5. The van der Waals surface area contributed by atoms with E-state index in [0.717, 1.165) is 0 Å². The van der Waals surface area contributed by atoms with Gasteiger partial charge in [0, 0.05) is 19.4 Å². The summed E-state index contributed by atoms with van der Waals surface area (Å²) in [6.45, 7) is 4.09. The van der Waals surface area contributed by atoms with E-state index in [1.165, 1.54) is 0 Å². The van der Waals surface area contributed by atoms with Gasteiger partial charge in [-0.2, -0.15) is 0 Å². The number of rotatable bonds is 7. The van der Waals surface area contributed by atoms with Crippen molar-refractivity contribution in [3.8, 4) is 12.3 Å². The molecule has 0 aromatic heterocycles. The summed E-state index contributed by atoms with van der Waals surface area (Å²) in [6.07, 6.45) is 6.22. The van der Waals surface area contributed by atoms with Crippen molar-refractivity contribution in [2.24, 2.45) is 11.8 Å². The van der Waals surface area contributed by atoms with Crippen LogP contribution in [-0.2, 0) is 9.59 Å². The van der Waals surface area contributed by atoms with E-state index < -0.39 is 11.9 Å². The predicted octanol–water partition coefficient (Wildman–Crippen LogP) is 1.26. The molecule has 0 heterocycles. The van der Waals surface area contributed by atoms with Crippen molar-refractivity contribution in [2.45, 2.75) is 33.1 Å². The maximum absolute atomic E-state index is 11.2. The number of aliphatic carboxylic acids is 1. The third-order valence-corrected chi connectivity index (χ3v) is 2.15. The van der Waals surface area contributed by atoms with Gasteiger partial charge in [0.25, 0.3) is 0 Å². The molecule has 0 saturated heterocycles. The average Bonchev–Trinajstić information content (AvgIpc) is 2.20. The number of carboxylic acids is 1. The first-order chi connectivity index (χ1) is 7.47. The lowest BCUT2D eigenvalue weighted by atomic mass is 9.97. The highest BCUT2D eigenvalue weighted by atomic mass is 16.4. The molecule has 0 aliphatic heterocycles. The van der Waals surface area contributed by atoms with Gasteiger partial charge in [-0.3, -0.25) is 9.59 Å². The predicted molar refractivity (Wildman–Crippen MR) is 61.7 cm³/mol. The molecule has 1 amide bonds. The van der Waals surface area contributed by atoms with Gasteiger partial charge in [0.1, 0.15) is 0 Å². The Kier molecular flexibility index (Phi) is 7.02. The summed E-state index contributed by atoms with van der Waals surface area (Å²) in [5.41, 5.74) is 0. The molecular formula is C12H19NO3. The highest BCUT2D eigenvalue weighted by molar-refractivity contribution is 5.77. The van der Waals surface area contributed by atoms with Gasteiger partial charge in [0.15, 0.2) is 0 Å². The number of terminal acetylenes is 1. The number of carbonyl (C=O) groups is 2. The zero-order valence-corrected chi connectivity index (χ0v) is 9.82. The Morgan fingerprint density at radius 3 is 2.50 bits per heavy atom. The lowest BCUT2D eigenvalue weighted by Gasteiger charge is -2.15. The number of hydrogen-bond acceptors (Lipinski definition) is 2. The van der Waals surface area contributed by atoms with Gasteiger partial charge in [0.05, 0.1) is 5.92 Å². The maximum atomic E-state index is 11.2. The molecule has 0 aromatic rings. The Hall–Kier alpha value is -1.50. The summed E-state index contributed by atoms with van der Waals surface area (Å²) in [7, 11) is 0. The monoisotopic (exact) mass is 225 g/mol. The normalized spacial score (nSPS) is 11.9. The fraction of sp³-hybridized carbons (Fsp3) is 0.667. The molecule has 0 aliphatic rings. The highest BCUT2D eigenvalue weighted by Gasteiger charge is 2.19. The molecule has 0 saturated carbocycles. The molecule has 0 fully saturated rings. The van der Waals surface area contributed by atoms with E-state index in [2.05, 4.69) is 11.2 Å². The molecule has 0 aliphatic carbocycles. The lowest BCUT2D eigenvalue weighted by molar-refractivity contribution is -0.142. The second kappa shape index (κ2) is 7.75. The van der Waals surface area contributed by atoms with Crippen molar-refractivity contribution in [2.75, 3.05) is 6.54 Å². The van der Waals surface area contributed by atoms with E-state index in [4.69, 9.17) is 11.5 Å². The molecule has 0 rings (SSSR count). The Morgan fingerprint density at radius 2 is 2.06 bits per heavy atom. The molecule has 90 valence electrons. The van der Waals surface area contributed by atoms with E-state index in [9.17, 15) is 9.59 Å². The van der Waals surface area contributed by atoms with Crippen LogP contribution >= 0.6 is 0 Å². The van der Waals surface area contributed by atoms with E-state index in [1.54, 1.807) is 0 Å². The third-order valence-electron chi connectivity index (χ3n) is 2.15. The van der Waals surface area contributed by atoms with Crippen molar-refractivity contribution in [1.29, 1.82) is 0 Å². The summed E-state index contributed by atoms with van der Waals surface area (Å²) in [4.78, 5) is 22.1. The number of amides is 1. The lowest BCUT2D eigenvalue weighted by Crippen LogP contribution is -2.33. The standard InChI is InChI=1S/C12H19NO3/c1-4-5-6-11(14)13-8-10(12(15)16)7-9(2)3/h1,9-10H,5-8H2,2-3H3,(H,13,14)(H,15,16). The fourth-order valence-electron chi connectivity index (χ4n) is 1.35. The van der Waals surface area contributed by atoms with Crippen molar-refractivity contribution >= 4 is 11.9 Å². The molecule has 4 heteroatoms. The van der Waals surface area contributed by atoms with Gasteiger partial charge in [-0.1, -0.05) is 13.8 Å². The molecule has 1 atom stereocenters. The third kappa shape index (κ3) is 6.88. The van der Waals surface area contributed by atoms with Crippen LogP contribution in [-0.4, -0.2) is 23.5 Å². The Balaban J connectivity index is 3.98. The van der Waals surface area contributed by atoms with Crippen LogP contribution in [0.25, 0.3) is 0 Å². The van der Waals surface area contributed by atoms with Crippen LogP contribution < -0.4 is 5.32 Å². The van der Waals surface area contributed by atoms with Crippen molar-refractivity contribution in [3.63, 3.8) is 0 Å². The molecule has 0 radical (unpaired) electrons. The number of carboxylic acid groups (broad SMARTS) is 1. The van der Waals surface area contributed by atoms with Crippen LogP contribution in [0.2, 0.25) is 0 Å². The summed E-state index contributed by atoms with van der Waals surface area (Å²) >= 11 is 0. The highest BCUT2D eigenvalue weighted by Crippen LogP contribution is 2.11. The Bertz CT molecular complexity index is 278. The van der Waals surface area contributed by atoms with E-state index >= 15 is 0 Å². The first-order valence-electron chi connectivity index (χ1n) is 5.40. The summed E-state index contributed by atoms with van der Waals surface area (Å²) in [5.74, 6) is 1.08. The van der Waals surface area contributed by atoms with Crippen molar-refractivity contribution < 1.29 is 14.7 Å². The van der Waals surface area contributed by atoms with Gasteiger partial charge in [-0.05, 0) is 12.3 Å². The fourth-order valence-corrected chi connectivity index (χ4v) is 1.35. The zero-order chi connectivity index (χ0) is 12.6. The van der Waals surface area contributed by atoms with Gasteiger partial charge in [-0.15, -0.1) is 12.3 Å². The van der Waals surface area contributed by atoms with E-state index in [1.807, 2.05) is 13.8 Å². The summed E-state index contributed by atoms with van der Waals surface area (Å²) < 4.78 is 0. The summed E-state index contributed by atoms with van der Waals surface area (Å²) in [5, 5.41) is 11.5. The van der Waals surface area contributed by atoms with Crippen molar-refractivity contribution in [3.05, 3.63) is 0 Å². The smallest absolute Gasteiger partial charge is 0.308 e. The minimum absolute atomic E-state index is 0.177. The van der Waals surface area contributed by atoms with E-state index in [0.29, 0.717) is 18.8 Å². The van der Waals surface area contributed by atoms with Crippen molar-refractivity contribution in [1.82, 2.24) is 5.32 Å². The maximum Gasteiger partial charge on any atom is 0.308 e. The number of nitrogens with one attached hydrogen (secondary N) is 1. The Morgan fingerprint density at radius 1 is 1.44 bits per heavy atom. The molecule has 1 unspecified atom stereocenters. The molecule has 0 spiro atoms. The quantitative estimate of drug-likeness (QED) is 0.641. The largest absolute Gasteiger partial charge is 0.481 e. The minimum atomic E-state index is -0.869.